The highest BCUT2D eigenvalue weighted by Gasteiger charge is 2.47. The van der Waals surface area contributed by atoms with Crippen LogP contribution in [0.5, 0.6) is 0 Å². The number of phosphoric ester groups is 2. The van der Waals surface area contributed by atoms with Gasteiger partial charge in [-0.15, -0.1) is 0 Å². The van der Waals surface area contributed by atoms with E-state index in [1.54, 1.807) is 6.92 Å². The van der Waals surface area contributed by atoms with Crippen molar-refractivity contribution in [2.75, 3.05) is 20.8 Å². The molecule has 1 heterocycles. The van der Waals surface area contributed by atoms with Gasteiger partial charge < -0.3 is 24.2 Å². The van der Waals surface area contributed by atoms with Gasteiger partial charge in [-0.1, -0.05) is 0 Å². The lowest BCUT2D eigenvalue weighted by Gasteiger charge is -2.24. The first kappa shape index (κ1) is 18.2. The van der Waals surface area contributed by atoms with Crippen molar-refractivity contribution in [2.45, 2.75) is 31.3 Å². The van der Waals surface area contributed by atoms with Gasteiger partial charge in [0, 0.05) is 14.2 Å². The molecule has 0 radical (unpaired) electrons. The molecule has 20 heavy (non-hydrogen) atoms. The van der Waals surface area contributed by atoms with Crippen molar-refractivity contribution in [1.82, 2.24) is 0 Å². The van der Waals surface area contributed by atoms with Gasteiger partial charge in [0.1, 0.15) is 18.3 Å². The van der Waals surface area contributed by atoms with Gasteiger partial charge in [-0.05, 0) is 6.92 Å². The fourth-order valence-electron chi connectivity index (χ4n) is 1.86. The number of phosphoric acid groups is 2. The topological polar surface area (TPSA) is 141 Å². The maximum atomic E-state index is 11.5. The van der Waals surface area contributed by atoms with Crippen LogP contribution in [-0.2, 0) is 32.2 Å². The fourth-order valence-corrected chi connectivity index (χ4v) is 2.85. The Bertz CT molecular complexity index is 408. The molecule has 12 heteroatoms. The average Bonchev–Trinajstić information content (AvgIpc) is 2.61. The smallest absolute Gasteiger partial charge is 0.376 e. The summed E-state index contributed by atoms with van der Waals surface area (Å²) in [6, 6.07) is 0. The molecule has 1 saturated heterocycles. The van der Waals surface area contributed by atoms with E-state index < -0.39 is 46.7 Å². The zero-order valence-electron chi connectivity index (χ0n) is 11.1. The summed E-state index contributed by atoms with van der Waals surface area (Å²) in [6.45, 7) is 1.10. The summed E-state index contributed by atoms with van der Waals surface area (Å²) >= 11 is 0. The first-order chi connectivity index (χ1) is 9.09. The molecule has 120 valence electrons. The lowest BCUT2D eigenvalue weighted by Crippen LogP contribution is -2.37. The maximum absolute atomic E-state index is 11.5. The second-order valence-corrected chi connectivity index (χ2v) is 6.84. The van der Waals surface area contributed by atoms with E-state index in [1.807, 2.05) is 0 Å². The van der Waals surface area contributed by atoms with Gasteiger partial charge in [-0.2, -0.15) is 0 Å². The molecule has 1 fully saturated rings. The second-order valence-electron chi connectivity index (χ2n) is 4.09. The molecule has 0 aromatic heterocycles. The highest BCUT2D eigenvalue weighted by atomic mass is 31.2. The number of hydrogen-bond acceptors (Lipinski definition) is 7. The Hall–Kier alpha value is 0.140. The van der Waals surface area contributed by atoms with Crippen LogP contribution in [0, 0.1) is 0 Å². The lowest BCUT2D eigenvalue weighted by molar-refractivity contribution is -0.0183. The summed E-state index contributed by atoms with van der Waals surface area (Å²) in [5.41, 5.74) is 0. The lowest BCUT2D eigenvalue weighted by atomic mass is 10.1. The zero-order valence-corrected chi connectivity index (χ0v) is 12.9. The summed E-state index contributed by atoms with van der Waals surface area (Å²) in [4.78, 5) is 26.7. The van der Waals surface area contributed by atoms with Crippen LogP contribution < -0.4 is 0 Å². The van der Waals surface area contributed by atoms with Crippen LogP contribution in [0.25, 0.3) is 0 Å². The van der Waals surface area contributed by atoms with Crippen LogP contribution in [-0.4, -0.2) is 59.9 Å². The van der Waals surface area contributed by atoms with Crippen molar-refractivity contribution < 1.29 is 46.9 Å². The quantitative estimate of drug-likeness (QED) is 0.545. The number of hydrogen-bond donors (Lipinski definition) is 3. The molecular weight excluding hydrogens is 318 g/mol. The minimum absolute atomic E-state index is 0.521. The minimum Gasteiger partial charge on any atom is -0.376 e. The van der Waals surface area contributed by atoms with Crippen LogP contribution in [0.3, 0.4) is 0 Å². The molecule has 0 aromatic rings. The molecule has 10 nitrogen and oxygen atoms in total. The van der Waals surface area contributed by atoms with E-state index >= 15 is 0 Å². The predicted octanol–water partition coefficient (Wildman–Crippen LogP) is 0.0300. The summed E-state index contributed by atoms with van der Waals surface area (Å²) in [6.07, 6.45) is -3.29. The highest BCUT2D eigenvalue weighted by molar-refractivity contribution is 7.47. The van der Waals surface area contributed by atoms with Crippen LogP contribution in [0.15, 0.2) is 0 Å². The summed E-state index contributed by atoms with van der Waals surface area (Å²) in [5.74, 6) is 0. The Morgan fingerprint density at radius 3 is 2.20 bits per heavy atom. The van der Waals surface area contributed by atoms with Gasteiger partial charge in [0.2, 0.25) is 0 Å². The number of ether oxygens (including phenoxy) is 2. The fraction of sp³-hybridized carbons (Fsp3) is 1.00. The Morgan fingerprint density at radius 1 is 1.15 bits per heavy atom. The first-order valence-electron chi connectivity index (χ1n) is 5.55. The van der Waals surface area contributed by atoms with Gasteiger partial charge in [0.15, 0.2) is 0 Å². The van der Waals surface area contributed by atoms with Crippen molar-refractivity contribution >= 4 is 15.6 Å². The van der Waals surface area contributed by atoms with E-state index in [1.165, 1.54) is 7.11 Å². The van der Waals surface area contributed by atoms with Crippen LogP contribution in [0.4, 0.5) is 0 Å². The van der Waals surface area contributed by atoms with E-state index in [9.17, 15) is 14.0 Å². The van der Waals surface area contributed by atoms with Crippen molar-refractivity contribution in [3.05, 3.63) is 0 Å². The van der Waals surface area contributed by atoms with E-state index in [0.717, 1.165) is 7.11 Å². The van der Waals surface area contributed by atoms with Gasteiger partial charge in [0.05, 0.1) is 12.7 Å². The SMILES string of the molecule is COC1[C@H](C)O[C@H](COP(=O)(O)O)[C@@H]1OP(=O)(O)OC. The Morgan fingerprint density at radius 2 is 1.75 bits per heavy atom. The molecule has 1 rings (SSSR count). The van der Waals surface area contributed by atoms with E-state index in [2.05, 4.69) is 9.05 Å². The molecule has 0 aliphatic carbocycles. The molecule has 0 saturated carbocycles. The van der Waals surface area contributed by atoms with E-state index in [0.29, 0.717) is 0 Å². The summed E-state index contributed by atoms with van der Waals surface area (Å²) < 4.78 is 46.1. The minimum atomic E-state index is -4.69. The van der Waals surface area contributed by atoms with Gasteiger partial charge >= 0.3 is 15.6 Å². The maximum Gasteiger partial charge on any atom is 0.472 e. The third kappa shape index (κ3) is 5.16. The zero-order chi connectivity index (χ0) is 15.6. The normalized spacial score (nSPS) is 34.1. The number of rotatable bonds is 7. The molecule has 2 unspecified atom stereocenters. The molecule has 0 bridgehead atoms. The van der Waals surface area contributed by atoms with Crippen LogP contribution >= 0.6 is 15.6 Å². The third-order valence-electron chi connectivity index (χ3n) is 2.71. The summed E-state index contributed by atoms with van der Waals surface area (Å²) in [7, 11) is -6.66. The average molecular weight is 336 g/mol. The third-order valence-corrected chi connectivity index (χ3v) is 4.16. The van der Waals surface area contributed by atoms with Crippen molar-refractivity contribution in [1.29, 1.82) is 0 Å². The number of methoxy groups -OCH3 is 1. The standard InChI is InChI=1S/C8H18O10P2/c1-5-7(14-2)8(18-20(12,13)15-3)6(17-5)4-16-19(9,10)11/h5-8H,4H2,1-3H3,(H,12,13)(H2,9,10,11)/t5-,6+,7?,8-/m0/s1. The Balaban J connectivity index is 2.80. The highest BCUT2D eigenvalue weighted by Crippen LogP contribution is 2.47. The summed E-state index contributed by atoms with van der Waals surface area (Å²) in [5, 5.41) is 0. The van der Waals surface area contributed by atoms with Gasteiger partial charge in [0.25, 0.3) is 0 Å². The van der Waals surface area contributed by atoms with Crippen molar-refractivity contribution in [3.63, 3.8) is 0 Å². The molecule has 1 aliphatic heterocycles. The Kier molecular flexibility index (Phi) is 6.31. The largest absolute Gasteiger partial charge is 0.472 e. The van der Waals surface area contributed by atoms with E-state index in [-0.39, 0.29) is 0 Å². The second kappa shape index (κ2) is 6.93. The van der Waals surface area contributed by atoms with Crippen LogP contribution in [0.1, 0.15) is 6.92 Å². The van der Waals surface area contributed by atoms with Gasteiger partial charge in [-0.3, -0.25) is 13.6 Å². The van der Waals surface area contributed by atoms with Crippen molar-refractivity contribution in [3.8, 4) is 0 Å². The van der Waals surface area contributed by atoms with E-state index in [4.69, 9.17) is 23.8 Å². The first-order valence-corrected chi connectivity index (χ1v) is 8.57. The Labute approximate surface area is 115 Å². The predicted molar refractivity (Wildman–Crippen MR) is 64.8 cm³/mol. The molecule has 5 atom stereocenters. The van der Waals surface area contributed by atoms with Crippen molar-refractivity contribution in [2.24, 2.45) is 0 Å². The molecule has 0 spiro atoms. The van der Waals surface area contributed by atoms with Crippen LogP contribution in [0.2, 0.25) is 0 Å². The molecule has 3 N–H and O–H groups in total. The molecular formula is C8H18O10P2. The monoisotopic (exact) mass is 336 g/mol. The molecule has 1 aliphatic rings. The molecule has 0 amide bonds. The molecule has 0 aromatic carbocycles. The van der Waals surface area contributed by atoms with Gasteiger partial charge in [-0.25, -0.2) is 9.13 Å².